The molecule has 37 heavy (non-hydrogen) atoms. The van der Waals surface area contributed by atoms with Gasteiger partial charge in [-0.25, -0.2) is 4.98 Å². The van der Waals surface area contributed by atoms with Crippen molar-refractivity contribution in [1.82, 2.24) is 14.9 Å². The Bertz CT molecular complexity index is 1210. The number of carbonyl (C=O) groups is 1. The van der Waals surface area contributed by atoms with Gasteiger partial charge in [0, 0.05) is 30.9 Å². The fraction of sp³-hybridized carbons (Fsp3) is 0.423. The summed E-state index contributed by atoms with van der Waals surface area (Å²) in [5.41, 5.74) is 3.76. The molecule has 3 N–H and O–H groups in total. The van der Waals surface area contributed by atoms with Crippen molar-refractivity contribution in [2.24, 2.45) is 5.92 Å². The fourth-order valence-corrected chi connectivity index (χ4v) is 5.24. The molecule has 1 saturated carbocycles. The Hall–Kier alpha value is -1.87. The van der Waals surface area contributed by atoms with E-state index in [9.17, 15) is 9.90 Å². The third-order valence-electron chi connectivity index (χ3n) is 6.65. The van der Waals surface area contributed by atoms with Crippen LogP contribution in [0.25, 0.3) is 22.3 Å². The van der Waals surface area contributed by atoms with Crippen molar-refractivity contribution < 1.29 is 15.0 Å². The molecule has 0 saturated heterocycles. The highest BCUT2D eigenvalue weighted by molar-refractivity contribution is 6.37. The molecule has 2 heterocycles. The van der Waals surface area contributed by atoms with Gasteiger partial charge in [0.2, 0.25) is 0 Å². The van der Waals surface area contributed by atoms with Crippen LogP contribution in [0, 0.1) is 5.92 Å². The van der Waals surface area contributed by atoms with Crippen LogP contribution in [-0.4, -0.2) is 63.7 Å². The van der Waals surface area contributed by atoms with Crippen LogP contribution in [-0.2, 0) is 0 Å². The van der Waals surface area contributed by atoms with Crippen molar-refractivity contribution in [3.63, 3.8) is 0 Å². The summed E-state index contributed by atoms with van der Waals surface area (Å²) in [5.74, 6) is 0.350. The first-order chi connectivity index (χ1) is 16.8. The Kier molecular flexibility index (Phi) is 11.7. The molecule has 3 aromatic rings. The van der Waals surface area contributed by atoms with Crippen LogP contribution in [0.4, 0.5) is 5.69 Å². The van der Waals surface area contributed by atoms with E-state index >= 15 is 0 Å². The average Bonchev–Trinajstić information content (AvgIpc) is 2.83. The number of hydrogen-bond acceptors (Lipinski definition) is 7. The minimum absolute atomic E-state index is 0. The van der Waals surface area contributed by atoms with Gasteiger partial charge in [-0.05, 0) is 69.8 Å². The van der Waals surface area contributed by atoms with Crippen LogP contribution in [0.15, 0.2) is 30.5 Å². The van der Waals surface area contributed by atoms with Gasteiger partial charge < -0.3 is 20.4 Å². The second-order valence-corrected chi connectivity index (χ2v) is 10.1. The fourth-order valence-electron chi connectivity index (χ4n) is 4.75. The zero-order valence-corrected chi connectivity index (χ0v) is 23.9. The lowest BCUT2D eigenvalue weighted by atomic mass is 9.85. The van der Waals surface area contributed by atoms with E-state index in [-0.39, 0.29) is 59.0 Å². The summed E-state index contributed by atoms with van der Waals surface area (Å²) in [6.45, 7) is 3.38. The molecule has 0 amide bonds. The van der Waals surface area contributed by atoms with E-state index in [2.05, 4.69) is 15.2 Å². The number of benzene rings is 1. The quantitative estimate of drug-likeness (QED) is 0.267. The number of ketones is 1. The molecule has 0 bridgehead atoms. The summed E-state index contributed by atoms with van der Waals surface area (Å²) in [5, 5.41) is 23.0. The molecule has 1 aromatic carbocycles. The maximum atomic E-state index is 12.5. The number of pyridine rings is 2. The molecule has 2 aromatic heterocycles. The summed E-state index contributed by atoms with van der Waals surface area (Å²) in [4.78, 5) is 23.9. The number of nitrogens with zero attached hydrogens (tertiary/aromatic N) is 3. The standard InChI is InChI=1S/C26H30Cl2N4O3.2ClH/c1-15(34)19-13-29-23-8-7-22(17-11-20(27)26(35)21(28)12-17)31-25(23)24(19)30-18-5-3-16(4-6-18)14-32(2)9-10-33;;/h7-8,11-13,16,18,33,35H,3-6,9-10,14H2,1-2H3,(H,29,30);2*1H/t16-,18-;;. The number of aliphatic hydroxyl groups excluding tert-OH is 1. The van der Waals surface area contributed by atoms with Gasteiger partial charge in [-0.2, -0.15) is 0 Å². The van der Waals surface area contributed by atoms with Crippen LogP contribution in [0.2, 0.25) is 10.0 Å². The average molecular weight is 590 g/mol. The zero-order chi connectivity index (χ0) is 25.1. The highest BCUT2D eigenvalue weighted by Gasteiger charge is 2.24. The van der Waals surface area contributed by atoms with Crippen molar-refractivity contribution >= 4 is 70.5 Å². The molecule has 1 aliphatic rings. The summed E-state index contributed by atoms with van der Waals surface area (Å²) < 4.78 is 0. The molecule has 1 fully saturated rings. The van der Waals surface area contributed by atoms with E-state index < -0.39 is 0 Å². The zero-order valence-electron chi connectivity index (χ0n) is 20.7. The summed E-state index contributed by atoms with van der Waals surface area (Å²) in [6.07, 6.45) is 5.74. The topological polar surface area (TPSA) is 98.6 Å². The number of aliphatic hydroxyl groups is 1. The van der Waals surface area contributed by atoms with E-state index in [0.29, 0.717) is 46.0 Å². The van der Waals surface area contributed by atoms with Crippen LogP contribution < -0.4 is 5.32 Å². The number of aromatic nitrogens is 2. The van der Waals surface area contributed by atoms with Gasteiger partial charge in [-0.3, -0.25) is 9.78 Å². The summed E-state index contributed by atoms with van der Waals surface area (Å²) in [7, 11) is 2.04. The number of hydrogen-bond donors (Lipinski definition) is 3. The van der Waals surface area contributed by atoms with E-state index in [1.807, 2.05) is 19.2 Å². The molecule has 0 radical (unpaired) electrons. The lowest BCUT2D eigenvalue weighted by Crippen LogP contribution is -2.33. The third kappa shape index (κ3) is 7.37. The number of rotatable bonds is 8. The van der Waals surface area contributed by atoms with Crippen LogP contribution in [0.5, 0.6) is 5.75 Å². The molecule has 0 atom stereocenters. The molecule has 0 spiro atoms. The highest BCUT2D eigenvalue weighted by Crippen LogP contribution is 2.37. The monoisotopic (exact) mass is 588 g/mol. The van der Waals surface area contributed by atoms with Crippen LogP contribution in [0.3, 0.4) is 0 Å². The van der Waals surface area contributed by atoms with Gasteiger partial charge in [0.15, 0.2) is 11.5 Å². The number of anilines is 1. The number of likely N-dealkylation sites (N-methyl/N-ethyl adjacent to an activating group) is 1. The number of halogens is 4. The van der Waals surface area contributed by atoms with Gasteiger partial charge in [-0.1, -0.05) is 23.2 Å². The molecule has 1 aliphatic carbocycles. The predicted octanol–water partition coefficient (Wildman–Crippen LogP) is 6.25. The number of aromatic hydroxyl groups is 1. The second kappa shape index (κ2) is 13.8. The van der Waals surface area contributed by atoms with Gasteiger partial charge in [0.1, 0.15) is 5.52 Å². The first-order valence-corrected chi connectivity index (χ1v) is 12.6. The number of Topliss-reactive ketones (excluding diaryl/α,β-unsaturated/α-hetero) is 1. The van der Waals surface area contributed by atoms with Crippen molar-refractivity contribution in [3.8, 4) is 17.0 Å². The summed E-state index contributed by atoms with van der Waals surface area (Å²) >= 11 is 12.3. The maximum absolute atomic E-state index is 12.5. The van der Waals surface area contributed by atoms with Crippen molar-refractivity contribution in [2.75, 3.05) is 32.1 Å². The Morgan fingerprint density at radius 3 is 2.38 bits per heavy atom. The van der Waals surface area contributed by atoms with Crippen LogP contribution in [0.1, 0.15) is 43.0 Å². The van der Waals surface area contributed by atoms with Gasteiger partial charge in [-0.15, -0.1) is 24.8 Å². The minimum atomic E-state index is -0.168. The van der Waals surface area contributed by atoms with E-state index in [4.69, 9.17) is 33.3 Å². The first-order valence-electron chi connectivity index (χ1n) is 11.8. The largest absolute Gasteiger partial charge is 0.505 e. The number of nitrogens with one attached hydrogen (secondary N) is 1. The number of carbonyl (C=O) groups excluding carboxylic acids is 1. The number of fused-ring (bicyclic) bond motifs is 1. The van der Waals surface area contributed by atoms with Crippen molar-refractivity contribution in [3.05, 3.63) is 46.1 Å². The molecular formula is C26H32Cl4N4O3. The van der Waals surface area contributed by atoms with E-state index in [1.165, 1.54) is 6.92 Å². The van der Waals surface area contributed by atoms with E-state index in [1.54, 1.807) is 18.3 Å². The molecule has 0 unspecified atom stereocenters. The Labute approximate surface area is 239 Å². The predicted molar refractivity (Wildman–Crippen MR) is 155 cm³/mol. The molecule has 7 nitrogen and oxygen atoms in total. The maximum Gasteiger partial charge on any atom is 0.163 e. The molecule has 11 heteroatoms. The Morgan fingerprint density at radius 2 is 1.78 bits per heavy atom. The second-order valence-electron chi connectivity index (χ2n) is 9.30. The van der Waals surface area contributed by atoms with Crippen molar-refractivity contribution in [1.29, 1.82) is 0 Å². The smallest absolute Gasteiger partial charge is 0.163 e. The van der Waals surface area contributed by atoms with Crippen LogP contribution >= 0.6 is 48.0 Å². The molecule has 202 valence electrons. The SMILES string of the molecule is CC(=O)c1cnc2ccc(-c3cc(Cl)c(O)c(Cl)c3)nc2c1N[C@H]1CC[C@H](CN(C)CCO)CC1.Cl.Cl. The van der Waals surface area contributed by atoms with Crippen molar-refractivity contribution in [2.45, 2.75) is 38.6 Å². The highest BCUT2D eigenvalue weighted by atomic mass is 35.5. The lowest BCUT2D eigenvalue weighted by Gasteiger charge is -2.32. The molecule has 0 aliphatic heterocycles. The van der Waals surface area contributed by atoms with Gasteiger partial charge >= 0.3 is 0 Å². The Balaban J connectivity index is 0.00000241. The minimum Gasteiger partial charge on any atom is -0.505 e. The summed E-state index contributed by atoms with van der Waals surface area (Å²) in [6, 6.07) is 7.12. The lowest BCUT2D eigenvalue weighted by molar-refractivity contribution is 0.101. The number of phenolic OH excluding ortho intramolecular Hbond substituents is 1. The van der Waals surface area contributed by atoms with Gasteiger partial charge in [0.05, 0.1) is 39.1 Å². The normalized spacial score (nSPS) is 17.2. The number of phenols is 1. The van der Waals surface area contributed by atoms with Gasteiger partial charge in [0.25, 0.3) is 0 Å². The Morgan fingerprint density at radius 1 is 1.14 bits per heavy atom. The molecular weight excluding hydrogens is 558 g/mol. The first kappa shape index (κ1) is 31.3. The van der Waals surface area contributed by atoms with E-state index in [0.717, 1.165) is 32.2 Å². The molecule has 4 rings (SSSR count). The third-order valence-corrected chi connectivity index (χ3v) is 7.23.